The minimum atomic E-state index is 0. The molecule has 0 heterocycles. The predicted molar refractivity (Wildman–Crippen MR) is 212 cm³/mol. The summed E-state index contributed by atoms with van der Waals surface area (Å²) in [5, 5.41) is 44.2. The van der Waals surface area contributed by atoms with Gasteiger partial charge in [-0.1, -0.05) is 0 Å². The van der Waals surface area contributed by atoms with Crippen LogP contribution in [0.25, 0.3) is 0 Å². The first-order valence-corrected chi connectivity index (χ1v) is 16.9. The van der Waals surface area contributed by atoms with Gasteiger partial charge in [-0.25, -0.2) is 0 Å². The zero-order chi connectivity index (χ0) is 37.2. The summed E-state index contributed by atoms with van der Waals surface area (Å²) in [4.78, 5) is 2.04. The third kappa shape index (κ3) is 10.9. The Morgan fingerprint density at radius 3 is 0.963 bits per heavy atom. The van der Waals surface area contributed by atoms with Gasteiger partial charge in [-0.2, -0.15) is 69.3 Å². The van der Waals surface area contributed by atoms with Crippen molar-refractivity contribution in [2.75, 3.05) is 19.0 Å². The maximum atomic E-state index is 4.49. The summed E-state index contributed by atoms with van der Waals surface area (Å²) in [5.41, 5.74) is 12.4. The second kappa shape index (κ2) is 18.8. The second-order valence-corrected chi connectivity index (χ2v) is 12.6. The van der Waals surface area contributed by atoms with Crippen LogP contribution >= 0.6 is 0 Å². The van der Waals surface area contributed by atoms with Gasteiger partial charge in [0.1, 0.15) is 0 Å². The molecule has 0 N–H and O–H groups in total. The summed E-state index contributed by atoms with van der Waals surface area (Å²) in [6, 6.07) is 41.0. The SMILES string of the molecule is Cc1cc(N=Nc2ccc(N(C)C)cc2)ccc1N=Nc1ccc(N=Nc2ccc(N=Nc3ccc(N=Nc4cc[c-]cc4)c(C)c3)c(C)c2)c(C)c1.[Y]. The average molecular weight is 786 g/mol. The van der Waals surface area contributed by atoms with E-state index in [1.54, 1.807) is 0 Å². The molecule has 0 aliphatic heterocycles. The Kier molecular flexibility index (Phi) is 13.7. The Labute approximate surface area is 340 Å². The number of benzene rings is 6. The van der Waals surface area contributed by atoms with E-state index >= 15 is 0 Å². The fraction of sp³-hybridized carbons (Fsp3) is 0.143. The first-order valence-electron chi connectivity index (χ1n) is 16.9. The Bertz CT molecular complexity index is 2370. The van der Waals surface area contributed by atoms with Crippen molar-refractivity contribution in [2.24, 2.45) is 51.1 Å². The van der Waals surface area contributed by atoms with Crippen LogP contribution in [-0.2, 0) is 32.7 Å². The van der Waals surface area contributed by atoms with Crippen LogP contribution in [-0.4, -0.2) is 14.1 Å². The Morgan fingerprint density at radius 2 is 0.630 bits per heavy atom. The Morgan fingerprint density at radius 1 is 0.352 bits per heavy atom. The van der Waals surface area contributed by atoms with Crippen LogP contribution in [0.4, 0.5) is 62.6 Å². The number of hydrogen-bond acceptors (Lipinski definition) is 11. The van der Waals surface area contributed by atoms with Crippen molar-refractivity contribution in [3.05, 3.63) is 150 Å². The van der Waals surface area contributed by atoms with E-state index in [1.165, 1.54) is 0 Å². The summed E-state index contributed by atoms with van der Waals surface area (Å²) in [7, 11) is 4.01. The third-order valence-electron chi connectivity index (χ3n) is 8.16. The van der Waals surface area contributed by atoms with Crippen LogP contribution in [0.2, 0.25) is 0 Å². The zero-order valence-electron chi connectivity index (χ0n) is 31.0. The van der Waals surface area contributed by atoms with Gasteiger partial charge in [0.25, 0.3) is 0 Å². The van der Waals surface area contributed by atoms with Crippen molar-refractivity contribution in [3.8, 4) is 0 Å². The van der Waals surface area contributed by atoms with Crippen LogP contribution in [0.1, 0.15) is 22.3 Å². The fourth-order valence-electron chi connectivity index (χ4n) is 5.08. The predicted octanol–water partition coefficient (Wildman–Crippen LogP) is 14.9. The molecule has 0 atom stereocenters. The quantitative estimate of drug-likeness (QED) is 0.0940. The largest absolute Gasteiger partial charge is 0.378 e. The molecule has 6 rings (SSSR count). The van der Waals surface area contributed by atoms with Gasteiger partial charge >= 0.3 is 0 Å². The molecule has 0 saturated heterocycles. The maximum Gasteiger partial charge on any atom is 0.0887 e. The van der Waals surface area contributed by atoms with Gasteiger partial charge in [-0.15, -0.1) is 12.1 Å². The number of nitrogens with zero attached hydrogens (tertiary/aromatic N) is 11. The molecule has 11 nitrogen and oxygen atoms in total. The molecule has 0 amide bonds. The van der Waals surface area contributed by atoms with Gasteiger partial charge in [0, 0.05) is 52.5 Å². The molecule has 54 heavy (non-hydrogen) atoms. The van der Waals surface area contributed by atoms with E-state index in [-0.39, 0.29) is 32.7 Å². The third-order valence-corrected chi connectivity index (χ3v) is 8.16. The first kappa shape index (κ1) is 39.4. The summed E-state index contributed by atoms with van der Waals surface area (Å²) in [6.45, 7) is 7.89. The van der Waals surface area contributed by atoms with Gasteiger partial charge in [-0.3, -0.25) is 0 Å². The summed E-state index contributed by atoms with van der Waals surface area (Å²) >= 11 is 0. The van der Waals surface area contributed by atoms with Crippen molar-refractivity contribution < 1.29 is 32.7 Å². The fourth-order valence-corrected chi connectivity index (χ4v) is 5.08. The molecular weight excluding hydrogens is 747 g/mol. The molecule has 6 aromatic rings. The zero-order valence-corrected chi connectivity index (χ0v) is 33.9. The van der Waals surface area contributed by atoms with Crippen molar-refractivity contribution in [1.82, 2.24) is 0 Å². The van der Waals surface area contributed by atoms with Crippen LogP contribution in [0, 0.1) is 33.8 Å². The molecule has 0 saturated carbocycles. The van der Waals surface area contributed by atoms with E-state index in [4.69, 9.17) is 0 Å². The van der Waals surface area contributed by atoms with Gasteiger partial charge in [0.2, 0.25) is 0 Å². The van der Waals surface area contributed by atoms with E-state index in [2.05, 4.69) is 57.2 Å². The van der Waals surface area contributed by atoms with E-state index in [1.807, 2.05) is 168 Å². The second-order valence-electron chi connectivity index (χ2n) is 12.6. The molecule has 0 aromatic heterocycles. The van der Waals surface area contributed by atoms with Gasteiger partial charge < -0.3 is 4.90 Å². The van der Waals surface area contributed by atoms with Gasteiger partial charge in [0.05, 0.1) is 51.2 Å². The number of rotatable bonds is 11. The van der Waals surface area contributed by atoms with Gasteiger partial charge in [0.15, 0.2) is 0 Å². The molecular formula is C42H38N11Y-. The summed E-state index contributed by atoms with van der Waals surface area (Å²) < 4.78 is 0. The summed E-state index contributed by atoms with van der Waals surface area (Å²) in [5.74, 6) is 0. The number of azo groups is 5. The molecule has 0 bridgehead atoms. The number of anilines is 1. The van der Waals surface area contributed by atoms with Crippen LogP contribution in [0.5, 0.6) is 0 Å². The minimum absolute atomic E-state index is 0. The molecule has 0 aliphatic carbocycles. The van der Waals surface area contributed by atoms with E-state index in [0.29, 0.717) is 5.69 Å². The number of aryl methyl sites for hydroxylation is 4. The molecule has 0 fully saturated rings. The van der Waals surface area contributed by atoms with E-state index < -0.39 is 0 Å². The van der Waals surface area contributed by atoms with Crippen molar-refractivity contribution in [3.63, 3.8) is 0 Å². The van der Waals surface area contributed by atoms with E-state index in [0.717, 1.165) is 79.1 Å². The molecule has 12 heteroatoms. The smallest absolute Gasteiger partial charge is 0.0887 e. The van der Waals surface area contributed by atoms with Crippen LogP contribution < -0.4 is 4.90 Å². The van der Waals surface area contributed by atoms with Crippen molar-refractivity contribution in [2.45, 2.75) is 27.7 Å². The Balaban J connectivity index is 0.00000561. The molecule has 0 unspecified atom stereocenters. The molecule has 265 valence electrons. The van der Waals surface area contributed by atoms with Crippen LogP contribution in [0.15, 0.2) is 172 Å². The standard InChI is InChI=1S/C42H38N11.Y/c1-28-24-34(45-43-33-12-18-38(19-13-33)53(5)6)14-20-40(28)50-47-36-16-22-42(30(3)26-36)52-48-37-17-23-41(31(4)27-37)51-46-35-15-21-39(29(2)25-35)49-44-32-10-8-7-9-11-32;/h8-27H,1-6H3;/q-1;. The topological polar surface area (TPSA) is 127 Å². The number of hydrogen-bond donors (Lipinski definition) is 0. The molecule has 0 aliphatic rings. The normalized spacial score (nSPS) is 11.7. The maximum absolute atomic E-state index is 4.49. The summed E-state index contributed by atoms with van der Waals surface area (Å²) in [6.07, 6.45) is 0. The average Bonchev–Trinajstić information content (AvgIpc) is 3.16. The van der Waals surface area contributed by atoms with Gasteiger partial charge in [-0.05, 0) is 153 Å². The van der Waals surface area contributed by atoms with E-state index in [9.17, 15) is 0 Å². The van der Waals surface area contributed by atoms with Crippen LogP contribution in [0.3, 0.4) is 0 Å². The van der Waals surface area contributed by atoms with Crippen molar-refractivity contribution >= 4 is 62.6 Å². The molecule has 1 radical (unpaired) electrons. The molecule has 0 spiro atoms. The first-order chi connectivity index (χ1) is 25.7. The van der Waals surface area contributed by atoms with Crippen molar-refractivity contribution in [1.29, 1.82) is 0 Å². The molecule has 6 aromatic carbocycles. The Hall–Kier alpha value is -5.78. The monoisotopic (exact) mass is 785 g/mol. The minimum Gasteiger partial charge on any atom is -0.378 e.